The van der Waals surface area contributed by atoms with E-state index >= 15 is 0 Å². The van der Waals surface area contributed by atoms with Crippen LogP contribution in [-0.4, -0.2) is 35.3 Å². The second kappa shape index (κ2) is 8.65. The second-order valence-corrected chi connectivity index (χ2v) is 6.67. The van der Waals surface area contributed by atoms with Crippen LogP contribution in [0.2, 0.25) is 0 Å². The Labute approximate surface area is 162 Å². The lowest BCUT2D eigenvalue weighted by Gasteiger charge is -2.16. The minimum Gasteiger partial charge on any atom is -0.449 e. The highest BCUT2D eigenvalue weighted by Gasteiger charge is 2.22. The second-order valence-electron chi connectivity index (χ2n) is 6.67. The van der Waals surface area contributed by atoms with Gasteiger partial charge in [-0.05, 0) is 49.2 Å². The number of nitrogens with one attached hydrogen (secondary N) is 1. The van der Waals surface area contributed by atoms with Gasteiger partial charge in [0.25, 0.3) is 5.91 Å². The molecule has 7 heteroatoms. The third-order valence-electron chi connectivity index (χ3n) is 4.45. The zero-order valence-electron chi connectivity index (χ0n) is 15.5. The molecule has 28 heavy (non-hydrogen) atoms. The Balaban J connectivity index is 1.59. The van der Waals surface area contributed by atoms with Crippen LogP contribution in [0.4, 0.5) is 10.1 Å². The maximum absolute atomic E-state index is 13.2. The summed E-state index contributed by atoms with van der Waals surface area (Å²) >= 11 is 0. The minimum atomic E-state index is -1.06. The summed E-state index contributed by atoms with van der Waals surface area (Å²) in [6.45, 7) is 2.60. The standard InChI is InChI=1S/C21H21FN2O4/c1-14(20(26)23-18-8-3-7-17(22)12-18)28-21(27)16-6-2-5-15(11-16)13-24-10-4-9-19(24)25/h2-3,5-8,11-12,14H,4,9-10,13H2,1H3,(H,23,26). The van der Waals surface area contributed by atoms with Gasteiger partial charge in [-0.15, -0.1) is 0 Å². The number of hydrogen-bond donors (Lipinski definition) is 1. The number of nitrogens with zero attached hydrogens (tertiary/aromatic N) is 1. The molecule has 2 amide bonds. The van der Waals surface area contributed by atoms with Crippen LogP contribution in [0.3, 0.4) is 0 Å². The quantitative estimate of drug-likeness (QED) is 0.777. The van der Waals surface area contributed by atoms with E-state index in [1.165, 1.54) is 25.1 Å². The van der Waals surface area contributed by atoms with Crippen LogP contribution in [0.25, 0.3) is 0 Å². The van der Waals surface area contributed by atoms with Crippen molar-refractivity contribution >= 4 is 23.5 Å². The molecular formula is C21H21FN2O4. The van der Waals surface area contributed by atoms with Crippen molar-refractivity contribution in [1.29, 1.82) is 0 Å². The highest BCUT2D eigenvalue weighted by atomic mass is 19.1. The number of anilines is 1. The molecule has 6 nitrogen and oxygen atoms in total. The van der Waals surface area contributed by atoms with Crippen molar-refractivity contribution in [3.63, 3.8) is 0 Å². The predicted octanol–water partition coefficient (Wildman–Crippen LogP) is 3.13. The van der Waals surface area contributed by atoms with E-state index in [-0.39, 0.29) is 11.6 Å². The van der Waals surface area contributed by atoms with Crippen LogP contribution >= 0.6 is 0 Å². The molecule has 1 aliphatic heterocycles. The molecule has 2 aromatic carbocycles. The third-order valence-corrected chi connectivity index (χ3v) is 4.45. The van der Waals surface area contributed by atoms with Gasteiger partial charge in [-0.2, -0.15) is 0 Å². The molecule has 0 radical (unpaired) electrons. The van der Waals surface area contributed by atoms with E-state index in [1.807, 2.05) is 6.07 Å². The first-order valence-electron chi connectivity index (χ1n) is 9.06. The number of carbonyl (C=O) groups is 3. The number of halogens is 1. The maximum atomic E-state index is 13.2. The molecule has 0 aromatic heterocycles. The van der Waals surface area contributed by atoms with Gasteiger partial charge in [0.15, 0.2) is 6.10 Å². The van der Waals surface area contributed by atoms with E-state index in [2.05, 4.69) is 5.32 Å². The molecule has 0 bridgehead atoms. The summed E-state index contributed by atoms with van der Waals surface area (Å²) in [5.74, 6) is -1.57. The largest absolute Gasteiger partial charge is 0.449 e. The van der Waals surface area contributed by atoms with Crippen molar-refractivity contribution in [2.75, 3.05) is 11.9 Å². The lowest BCUT2D eigenvalue weighted by atomic mass is 10.1. The highest BCUT2D eigenvalue weighted by Crippen LogP contribution is 2.16. The Bertz CT molecular complexity index is 899. The van der Waals surface area contributed by atoms with Gasteiger partial charge in [0.1, 0.15) is 5.82 Å². The number of carbonyl (C=O) groups excluding carboxylic acids is 3. The molecule has 1 unspecified atom stereocenters. The minimum absolute atomic E-state index is 0.107. The van der Waals surface area contributed by atoms with E-state index in [0.29, 0.717) is 25.1 Å². The lowest BCUT2D eigenvalue weighted by Crippen LogP contribution is -2.30. The highest BCUT2D eigenvalue weighted by molar-refractivity contribution is 5.97. The molecule has 0 aliphatic carbocycles. The Morgan fingerprint density at radius 1 is 1.21 bits per heavy atom. The van der Waals surface area contributed by atoms with Gasteiger partial charge in [0.2, 0.25) is 5.91 Å². The smallest absolute Gasteiger partial charge is 0.338 e. The molecule has 1 fully saturated rings. The summed E-state index contributed by atoms with van der Waals surface area (Å²) in [5.41, 5.74) is 1.40. The molecule has 1 N–H and O–H groups in total. The van der Waals surface area contributed by atoms with E-state index in [9.17, 15) is 18.8 Å². The van der Waals surface area contributed by atoms with Gasteiger partial charge in [-0.1, -0.05) is 18.2 Å². The van der Waals surface area contributed by atoms with Gasteiger partial charge in [0.05, 0.1) is 5.56 Å². The SMILES string of the molecule is CC(OC(=O)c1cccc(CN2CCCC2=O)c1)C(=O)Nc1cccc(F)c1. The van der Waals surface area contributed by atoms with Crippen molar-refractivity contribution in [3.8, 4) is 0 Å². The average Bonchev–Trinajstić information content (AvgIpc) is 3.06. The Morgan fingerprint density at radius 3 is 2.71 bits per heavy atom. The van der Waals surface area contributed by atoms with Crippen molar-refractivity contribution in [2.24, 2.45) is 0 Å². The zero-order valence-corrected chi connectivity index (χ0v) is 15.5. The zero-order chi connectivity index (χ0) is 20.1. The molecule has 3 rings (SSSR count). The van der Waals surface area contributed by atoms with Gasteiger partial charge in [-0.25, -0.2) is 9.18 Å². The number of amides is 2. The third kappa shape index (κ3) is 4.94. The van der Waals surface area contributed by atoms with Crippen molar-refractivity contribution in [3.05, 3.63) is 65.5 Å². The van der Waals surface area contributed by atoms with E-state index in [1.54, 1.807) is 29.2 Å². The lowest BCUT2D eigenvalue weighted by molar-refractivity contribution is -0.128. The van der Waals surface area contributed by atoms with Crippen LogP contribution in [0.15, 0.2) is 48.5 Å². The van der Waals surface area contributed by atoms with E-state index < -0.39 is 23.8 Å². The molecule has 1 saturated heterocycles. The predicted molar refractivity (Wildman–Crippen MR) is 101 cm³/mol. The van der Waals surface area contributed by atoms with Gasteiger partial charge in [0, 0.05) is 25.2 Å². The number of hydrogen-bond acceptors (Lipinski definition) is 4. The molecule has 1 aliphatic rings. The number of benzene rings is 2. The van der Waals surface area contributed by atoms with Crippen LogP contribution < -0.4 is 5.32 Å². The Kier molecular flexibility index (Phi) is 6.03. The summed E-state index contributed by atoms with van der Waals surface area (Å²) in [4.78, 5) is 38.1. The average molecular weight is 384 g/mol. The molecule has 2 aromatic rings. The van der Waals surface area contributed by atoms with Crippen LogP contribution in [-0.2, 0) is 20.9 Å². The first-order valence-corrected chi connectivity index (χ1v) is 9.06. The van der Waals surface area contributed by atoms with Gasteiger partial charge >= 0.3 is 5.97 Å². The van der Waals surface area contributed by atoms with Crippen LogP contribution in [0.1, 0.15) is 35.7 Å². The first kappa shape index (κ1) is 19.5. The fourth-order valence-corrected chi connectivity index (χ4v) is 2.98. The van der Waals surface area contributed by atoms with E-state index in [0.717, 1.165) is 12.0 Å². The Hall–Kier alpha value is -3.22. The first-order chi connectivity index (χ1) is 13.4. The normalized spacial score (nSPS) is 14.6. The fourth-order valence-electron chi connectivity index (χ4n) is 2.98. The number of rotatable bonds is 6. The molecule has 0 saturated carbocycles. The van der Waals surface area contributed by atoms with Gasteiger partial charge < -0.3 is 15.0 Å². The molecule has 1 heterocycles. The van der Waals surface area contributed by atoms with Crippen LogP contribution in [0, 0.1) is 5.82 Å². The van der Waals surface area contributed by atoms with Crippen molar-refractivity contribution in [2.45, 2.75) is 32.4 Å². The van der Waals surface area contributed by atoms with Crippen molar-refractivity contribution in [1.82, 2.24) is 4.90 Å². The van der Waals surface area contributed by atoms with Crippen LogP contribution in [0.5, 0.6) is 0 Å². The van der Waals surface area contributed by atoms with Gasteiger partial charge in [-0.3, -0.25) is 9.59 Å². The number of esters is 1. The number of likely N-dealkylation sites (tertiary alicyclic amines) is 1. The van der Waals surface area contributed by atoms with Crippen molar-refractivity contribution < 1.29 is 23.5 Å². The summed E-state index contributed by atoms with van der Waals surface area (Å²) in [5, 5.41) is 2.50. The molecule has 1 atom stereocenters. The summed E-state index contributed by atoms with van der Waals surface area (Å²) < 4.78 is 18.4. The molecule has 146 valence electrons. The molecule has 0 spiro atoms. The number of ether oxygens (including phenoxy) is 1. The molecular weight excluding hydrogens is 363 g/mol. The maximum Gasteiger partial charge on any atom is 0.338 e. The topological polar surface area (TPSA) is 75.7 Å². The fraction of sp³-hybridized carbons (Fsp3) is 0.286. The summed E-state index contributed by atoms with van der Waals surface area (Å²) in [7, 11) is 0. The Morgan fingerprint density at radius 2 is 2.00 bits per heavy atom. The summed E-state index contributed by atoms with van der Waals surface area (Å²) in [6, 6.07) is 12.3. The monoisotopic (exact) mass is 384 g/mol. The van der Waals surface area contributed by atoms with E-state index in [4.69, 9.17) is 4.74 Å². The summed E-state index contributed by atoms with van der Waals surface area (Å²) in [6.07, 6.45) is 0.345.